The molecule has 19 heavy (non-hydrogen) atoms. The lowest BCUT2D eigenvalue weighted by atomic mass is 10.1. The van der Waals surface area contributed by atoms with E-state index in [2.05, 4.69) is 17.9 Å². The first-order valence-electron chi connectivity index (χ1n) is 5.84. The summed E-state index contributed by atoms with van der Waals surface area (Å²) in [7, 11) is 1.29. The molecule has 0 fully saturated rings. The number of nitrogens with zero attached hydrogens (tertiary/aromatic N) is 1. The molecule has 0 saturated carbocycles. The van der Waals surface area contributed by atoms with Gasteiger partial charge in [0, 0.05) is 13.1 Å². The Morgan fingerprint density at radius 1 is 1.16 bits per heavy atom. The zero-order valence-corrected chi connectivity index (χ0v) is 11.0. The van der Waals surface area contributed by atoms with Crippen molar-refractivity contribution in [2.24, 2.45) is 0 Å². The maximum atomic E-state index is 12.4. The van der Waals surface area contributed by atoms with E-state index in [0.29, 0.717) is 18.7 Å². The van der Waals surface area contributed by atoms with Crippen molar-refractivity contribution in [1.29, 1.82) is 0 Å². The van der Waals surface area contributed by atoms with E-state index in [1.165, 1.54) is 7.11 Å². The van der Waals surface area contributed by atoms with Crippen LogP contribution in [0.4, 0.5) is 0 Å². The lowest BCUT2D eigenvalue weighted by Crippen LogP contribution is -2.32. The lowest BCUT2D eigenvalue weighted by Gasteiger charge is -2.20. The van der Waals surface area contributed by atoms with Gasteiger partial charge in [0.15, 0.2) is 0 Å². The summed E-state index contributed by atoms with van der Waals surface area (Å²) >= 11 is 0. The monoisotopic (exact) mass is 259 g/mol. The van der Waals surface area contributed by atoms with E-state index in [0.717, 1.165) is 0 Å². The molecule has 1 aromatic rings. The van der Waals surface area contributed by atoms with Gasteiger partial charge in [0.2, 0.25) is 0 Å². The highest BCUT2D eigenvalue weighted by Crippen LogP contribution is 2.13. The second-order valence-electron chi connectivity index (χ2n) is 3.82. The number of hydrogen-bond acceptors (Lipinski definition) is 3. The Hall–Kier alpha value is -2.36. The van der Waals surface area contributed by atoms with Crippen molar-refractivity contribution in [3.8, 4) is 0 Å². The summed E-state index contributed by atoms with van der Waals surface area (Å²) in [6, 6.07) is 6.57. The van der Waals surface area contributed by atoms with Crippen molar-refractivity contribution < 1.29 is 14.3 Å². The Morgan fingerprint density at radius 3 is 2.16 bits per heavy atom. The van der Waals surface area contributed by atoms with Gasteiger partial charge >= 0.3 is 5.97 Å². The van der Waals surface area contributed by atoms with Crippen LogP contribution in [-0.4, -0.2) is 37.0 Å². The third-order valence-electron chi connectivity index (χ3n) is 2.55. The van der Waals surface area contributed by atoms with Crippen molar-refractivity contribution in [1.82, 2.24) is 4.90 Å². The minimum atomic E-state index is -0.527. The molecule has 1 amide bonds. The van der Waals surface area contributed by atoms with E-state index in [1.807, 2.05) is 0 Å². The van der Waals surface area contributed by atoms with Gasteiger partial charge in [-0.15, -0.1) is 13.2 Å². The van der Waals surface area contributed by atoms with Crippen LogP contribution >= 0.6 is 0 Å². The molecule has 0 aromatic heterocycles. The summed E-state index contributed by atoms with van der Waals surface area (Å²) in [4.78, 5) is 25.6. The summed E-state index contributed by atoms with van der Waals surface area (Å²) < 4.78 is 4.68. The molecule has 0 radical (unpaired) electrons. The quantitative estimate of drug-likeness (QED) is 0.581. The minimum absolute atomic E-state index is 0.249. The van der Waals surface area contributed by atoms with Crippen LogP contribution in [0, 0.1) is 0 Å². The molecule has 0 aliphatic rings. The molecular formula is C15H17NO3. The topological polar surface area (TPSA) is 46.6 Å². The van der Waals surface area contributed by atoms with Gasteiger partial charge in [0.05, 0.1) is 18.2 Å². The number of carbonyl (C=O) groups is 2. The van der Waals surface area contributed by atoms with Gasteiger partial charge in [-0.2, -0.15) is 0 Å². The molecule has 0 heterocycles. The highest BCUT2D eigenvalue weighted by Gasteiger charge is 2.20. The summed E-state index contributed by atoms with van der Waals surface area (Å²) in [5.41, 5.74) is 0.575. The smallest absolute Gasteiger partial charge is 0.338 e. The summed E-state index contributed by atoms with van der Waals surface area (Å²) in [6.07, 6.45) is 3.25. The first-order chi connectivity index (χ1) is 9.15. The first kappa shape index (κ1) is 14.7. The average molecular weight is 259 g/mol. The molecule has 100 valence electrons. The SMILES string of the molecule is C=CCN(CC=C)C(=O)c1ccccc1C(=O)OC. The van der Waals surface area contributed by atoms with Crippen LogP contribution in [0.2, 0.25) is 0 Å². The van der Waals surface area contributed by atoms with Crippen LogP contribution < -0.4 is 0 Å². The molecule has 0 atom stereocenters. The number of benzene rings is 1. The van der Waals surface area contributed by atoms with E-state index >= 15 is 0 Å². The number of methoxy groups -OCH3 is 1. The van der Waals surface area contributed by atoms with E-state index in [4.69, 9.17) is 0 Å². The molecule has 0 N–H and O–H groups in total. The summed E-state index contributed by atoms with van der Waals surface area (Å²) in [6.45, 7) is 8.00. The van der Waals surface area contributed by atoms with Gasteiger partial charge in [-0.1, -0.05) is 24.3 Å². The molecule has 1 rings (SSSR count). The normalized spacial score (nSPS) is 9.53. The van der Waals surface area contributed by atoms with Gasteiger partial charge < -0.3 is 9.64 Å². The number of amides is 1. The second kappa shape index (κ2) is 7.16. The van der Waals surface area contributed by atoms with Gasteiger partial charge in [-0.25, -0.2) is 4.79 Å². The van der Waals surface area contributed by atoms with Crippen LogP contribution in [0.15, 0.2) is 49.6 Å². The maximum Gasteiger partial charge on any atom is 0.338 e. The lowest BCUT2D eigenvalue weighted by molar-refractivity contribution is 0.0592. The molecule has 4 heteroatoms. The molecule has 0 bridgehead atoms. The fraction of sp³-hybridized carbons (Fsp3) is 0.200. The van der Waals surface area contributed by atoms with Crippen LogP contribution in [0.1, 0.15) is 20.7 Å². The third-order valence-corrected chi connectivity index (χ3v) is 2.55. The van der Waals surface area contributed by atoms with E-state index in [9.17, 15) is 9.59 Å². The van der Waals surface area contributed by atoms with Crippen LogP contribution in [0.25, 0.3) is 0 Å². The zero-order valence-electron chi connectivity index (χ0n) is 11.0. The fourth-order valence-corrected chi connectivity index (χ4v) is 1.68. The van der Waals surface area contributed by atoms with Crippen LogP contribution in [-0.2, 0) is 4.74 Å². The number of carbonyl (C=O) groups excluding carboxylic acids is 2. The molecule has 4 nitrogen and oxygen atoms in total. The van der Waals surface area contributed by atoms with Crippen molar-refractivity contribution in [3.63, 3.8) is 0 Å². The number of esters is 1. The zero-order chi connectivity index (χ0) is 14.3. The highest BCUT2D eigenvalue weighted by molar-refractivity contribution is 6.05. The fourth-order valence-electron chi connectivity index (χ4n) is 1.68. The molecular weight excluding hydrogens is 242 g/mol. The molecule has 0 aliphatic heterocycles. The van der Waals surface area contributed by atoms with Crippen molar-refractivity contribution in [3.05, 3.63) is 60.7 Å². The first-order valence-corrected chi connectivity index (χ1v) is 5.84. The predicted molar refractivity (Wildman–Crippen MR) is 74.1 cm³/mol. The Labute approximate surface area is 113 Å². The van der Waals surface area contributed by atoms with Crippen molar-refractivity contribution in [2.45, 2.75) is 0 Å². The average Bonchev–Trinajstić information content (AvgIpc) is 2.45. The van der Waals surface area contributed by atoms with Gasteiger partial charge in [0.25, 0.3) is 5.91 Å². The third kappa shape index (κ3) is 3.55. The van der Waals surface area contributed by atoms with Crippen molar-refractivity contribution >= 4 is 11.9 Å². The maximum absolute atomic E-state index is 12.4. The van der Waals surface area contributed by atoms with Crippen molar-refractivity contribution in [2.75, 3.05) is 20.2 Å². The Bertz CT molecular complexity index is 484. The Morgan fingerprint density at radius 2 is 1.68 bits per heavy atom. The summed E-state index contributed by atoms with van der Waals surface area (Å²) in [5, 5.41) is 0. The largest absolute Gasteiger partial charge is 0.465 e. The molecule has 0 unspecified atom stereocenters. The number of ether oxygens (including phenoxy) is 1. The second-order valence-corrected chi connectivity index (χ2v) is 3.82. The van der Waals surface area contributed by atoms with Crippen LogP contribution in [0.5, 0.6) is 0 Å². The van der Waals surface area contributed by atoms with Gasteiger partial charge in [-0.05, 0) is 12.1 Å². The molecule has 0 saturated heterocycles. The number of rotatable bonds is 6. The summed E-state index contributed by atoms with van der Waals surface area (Å²) in [5.74, 6) is -0.776. The van der Waals surface area contributed by atoms with E-state index in [-0.39, 0.29) is 11.5 Å². The Kier molecular flexibility index (Phi) is 5.54. The minimum Gasteiger partial charge on any atom is -0.465 e. The van der Waals surface area contributed by atoms with Gasteiger partial charge in [-0.3, -0.25) is 4.79 Å². The molecule has 0 spiro atoms. The Balaban J connectivity index is 3.13. The standard InChI is InChI=1S/C15H17NO3/c1-4-10-16(11-5-2)14(17)12-8-6-7-9-13(12)15(18)19-3/h4-9H,1-2,10-11H2,3H3. The van der Waals surface area contributed by atoms with E-state index < -0.39 is 5.97 Å². The van der Waals surface area contributed by atoms with Gasteiger partial charge in [0.1, 0.15) is 0 Å². The molecule has 0 aliphatic carbocycles. The molecule has 1 aromatic carbocycles. The highest BCUT2D eigenvalue weighted by atomic mass is 16.5. The predicted octanol–water partition coefficient (Wildman–Crippen LogP) is 2.29. The number of hydrogen-bond donors (Lipinski definition) is 0. The van der Waals surface area contributed by atoms with Crippen LogP contribution in [0.3, 0.4) is 0 Å². The van der Waals surface area contributed by atoms with E-state index in [1.54, 1.807) is 41.3 Å².